The van der Waals surface area contributed by atoms with Crippen molar-refractivity contribution < 1.29 is 32.0 Å². The van der Waals surface area contributed by atoms with Crippen LogP contribution in [0.1, 0.15) is 44.3 Å². The highest BCUT2D eigenvalue weighted by Gasteiger charge is 2.51. The Morgan fingerprint density at radius 2 is 2.00 bits per heavy atom. The van der Waals surface area contributed by atoms with Gasteiger partial charge >= 0.3 is 12.2 Å². The SMILES string of the molecule is CCOC1=CC(c2cnc(NC(=O)Nc3cc(C(C)(C)C(F)(F)F)on3)c(C)n2)=CCC1=O. The van der Waals surface area contributed by atoms with E-state index in [2.05, 4.69) is 25.8 Å². The molecule has 0 atom stereocenters. The summed E-state index contributed by atoms with van der Waals surface area (Å²) in [5.41, 5.74) is -0.750. The molecule has 0 spiro atoms. The number of hydrogen-bond acceptors (Lipinski definition) is 7. The number of ketones is 1. The van der Waals surface area contributed by atoms with E-state index in [0.717, 1.165) is 19.9 Å². The Hall–Kier alpha value is -3.70. The van der Waals surface area contributed by atoms with Crippen LogP contribution in [-0.4, -0.2) is 39.7 Å². The number of halogens is 3. The maximum Gasteiger partial charge on any atom is 0.401 e. The Kier molecular flexibility index (Phi) is 6.56. The third-order valence-corrected chi connectivity index (χ3v) is 4.92. The molecule has 0 saturated carbocycles. The number of hydrogen-bond donors (Lipinski definition) is 2. The fourth-order valence-electron chi connectivity index (χ4n) is 2.81. The predicted octanol–water partition coefficient (Wildman–Crippen LogP) is 4.53. The minimum absolute atomic E-state index is 0.130. The largest absolute Gasteiger partial charge is 0.490 e. The van der Waals surface area contributed by atoms with E-state index in [1.807, 2.05) is 0 Å². The first-order valence-corrected chi connectivity index (χ1v) is 9.96. The summed E-state index contributed by atoms with van der Waals surface area (Å²) in [4.78, 5) is 32.7. The number of nitrogens with one attached hydrogen (secondary N) is 2. The van der Waals surface area contributed by atoms with Crippen LogP contribution in [-0.2, 0) is 14.9 Å². The van der Waals surface area contributed by atoms with Gasteiger partial charge in [0.25, 0.3) is 0 Å². The number of urea groups is 1. The van der Waals surface area contributed by atoms with Crippen molar-refractivity contribution in [2.45, 2.75) is 45.7 Å². The van der Waals surface area contributed by atoms with E-state index in [0.29, 0.717) is 23.6 Å². The maximum atomic E-state index is 13.1. The van der Waals surface area contributed by atoms with Crippen molar-refractivity contribution in [1.29, 1.82) is 0 Å². The number of amides is 2. The summed E-state index contributed by atoms with van der Waals surface area (Å²) in [7, 11) is 0. The molecule has 0 unspecified atom stereocenters. The van der Waals surface area contributed by atoms with Gasteiger partial charge in [0, 0.05) is 18.1 Å². The highest BCUT2D eigenvalue weighted by atomic mass is 19.4. The van der Waals surface area contributed by atoms with Crippen molar-refractivity contribution >= 4 is 29.0 Å². The molecule has 0 aliphatic heterocycles. The van der Waals surface area contributed by atoms with Gasteiger partial charge in [-0.15, -0.1) is 0 Å². The summed E-state index contributed by atoms with van der Waals surface area (Å²) in [5.74, 6) is -0.374. The molecule has 2 aromatic rings. The van der Waals surface area contributed by atoms with Crippen LogP contribution in [0.3, 0.4) is 0 Å². The summed E-state index contributed by atoms with van der Waals surface area (Å²) in [5, 5.41) is 8.23. The van der Waals surface area contributed by atoms with Gasteiger partial charge in [0.05, 0.1) is 24.2 Å². The molecule has 2 N–H and O–H groups in total. The van der Waals surface area contributed by atoms with E-state index in [-0.39, 0.29) is 29.6 Å². The highest BCUT2D eigenvalue weighted by Crippen LogP contribution is 2.41. The minimum Gasteiger partial charge on any atom is -0.490 e. The molecular formula is C21H22F3N5O4. The van der Waals surface area contributed by atoms with Crippen LogP contribution in [0, 0.1) is 6.92 Å². The molecule has 1 aliphatic carbocycles. The van der Waals surface area contributed by atoms with Crippen molar-refractivity contribution in [1.82, 2.24) is 15.1 Å². The molecule has 33 heavy (non-hydrogen) atoms. The molecule has 1 aliphatic rings. The fourth-order valence-corrected chi connectivity index (χ4v) is 2.81. The molecule has 176 valence electrons. The van der Waals surface area contributed by atoms with Gasteiger partial charge in [-0.05, 0) is 33.8 Å². The summed E-state index contributed by atoms with van der Waals surface area (Å²) < 4.78 is 49.5. The number of ether oxygens (including phenoxy) is 1. The van der Waals surface area contributed by atoms with Crippen molar-refractivity contribution in [2.75, 3.05) is 17.2 Å². The smallest absolute Gasteiger partial charge is 0.401 e. The van der Waals surface area contributed by atoms with Crippen LogP contribution in [0.25, 0.3) is 5.57 Å². The molecular weight excluding hydrogens is 443 g/mol. The number of anilines is 2. The zero-order valence-corrected chi connectivity index (χ0v) is 18.3. The van der Waals surface area contributed by atoms with E-state index in [1.165, 1.54) is 6.20 Å². The lowest BCUT2D eigenvalue weighted by atomic mass is 9.89. The number of carbonyl (C=O) groups is 2. The number of carbonyl (C=O) groups excluding carboxylic acids is 2. The van der Waals surface area contributed by atoms with E-state index in [4.69, 9.17) is 9.26 Å². The van der Waals surface area contributed by atoms with Crippen LogP contribution in [0.2, 0.25) is 0 Å². The number of alkyl halides is 3. The molecule has 0 aromatic carbocycles. The van der Waals surface area contributed by atoms with Gasteiger partial charge in [-0.2, -0.15) is 13.2 Å². The average Bonchev–Trinajstić information content (AvgIpc) is 3.19. The summed E-state index contributed by atoms with van der Waals surface area (Å²) in [6.45, 7) is 5.64. The number of aromatic nitrogens is 3. The monoisotopic (exact) mass is 465 g/mol. The van der Waals surface area contributed by atoms with Crippen LogP contribution in [0.15, 0.2) is 34.7 Å². The average molecular weight is 465 g/mol. The number of rotatable bonds is 6. The van der Waals surface area contributed by atoms with E-state index in [1.54, 1.807) is 26.0 Å². The molecule has 2 amide bonds. The molecule has 0 saturated heterocycles. The molecule has 12 heteroatoms. The second kappa shape index (κ2) is 9.04. The molecule has 9 nitrogen and oxygen atoms in total. The van der Waals surface area contributed by atoms with Gasteiger partial charge in [-0.25, -0.2) is 14.8 Å². The molecule has 3 rings (SSSR count). The van der Waals surface area contributed by atoms with E-state index < -0.39 is 23.4 Å². The van der Waals surface area contributed by atoms with Crippen molar-refractivity contribution in [2.24, 2.45) is 0 Å². The molecule has 2 heterocycles. The second-order valence-corrected chi connectivity index (χ2v) is 7.70. The number of nitrogens with zero attached hydrogens (tertiary/aromatic N) is 3. The Morgan fingerprint density at radius 3 is 2.64 bits per heavy atom. The van der Waals surface area contributed by atoms with Gasteiger partial charge in [-0.1, -0.05) is 11.2 Å². The van der Waals surface area contributed by atoms with Gasteiger partial charge in [0.1, 0.15) is 5.41 Å². The Morgan fingerprint density at radius 1 is 1.27 bits per heavy atom. The normalized spacial score (nSPS) is 14.5. The molecule has 2 aromatic heterocycles. The Bertz CT molecular complexity index is 1140. The lowest BCUT2D eigenvalue weighted by molar-refractivity contribution is -0.185. The van der Waals surface area contributed by atoms with Crippen LogP contribution in [0.5, 0.6) is 0 Å². The number of Topliss-reactive ketones (excluding diaryl/α,β-unsaturated/α-hetero) is 1. The molecule has 0 bridgehead atoms. The van der Waals surface area contributed by atoms with Gasteiger partial charge in [-0.3, -0.25) is 15.4 Å². The Labute approximate surface area is 187 Å². The third kappa shape index (κ3) is 5.21. The maximum absolute atomic E-state index is 13.1. The summed E-state index contributed by atoms with van der Waals surface area (Å²) in [6.07, 6.45) is 0.335. The van der Waals surface area contributed by atoms with Crippen molar-refractivity contribution in [3.63, 3.8) is 0 Å². The topological polar surface area (TPSA) is 119 Å². The van der Waals surface area contributed by atoms with Gasteiger partial charge in [0.15, 0.2) is 23.2 Å². The summed E-state index contributed by atoms with van der Waals surface area (Å²) in [6, 6.07) is 0.222. The Balaban J connectivity index is 1.69. The lowest BCUT2D eigenvalue weighted by Gasteiger charge is -2.24. The quantitative estimate of drug-likeness (QED) is 0.643. The van der Waals surface area contributed by atoms with E-state index in [9.17, 15) is 22.8 Å². The first kappa shape index (κ1) is 24.0. The standard InChI is InChI=1S/C21H22F3N5O4/c1-5-32-15-8-12(6-7-14(15)30)13-10-25-18(11(2)26-13)28-19(31)27-17-9-16(33-29-17)20(3,4)21(22,23)24/h6,8-10H,5,7H2,1-4H3,(H2,25,27,28,29,31). The first-order valence-electron chi connectivity index (χ1n) is 9.96. The zero-order chi connectivity index (χ0) is 24.4. The van der Waals surface area contributed by atoms with Gasteiger partial charge < -0.3 is 9.26 Å². The second-order valence-electron chi connectivity index (χ2n) is 7.70. The lowest BCUT2D eigenvalue weighted by Crippen LogP contribution is -2.35. The van der Waals surface area contributed by atoms with Crippen LogP contribution in [0.4, 0.5) is 29.6 Å². The number of aryl methyl sites for hydroxylation is 1. The fraction of sp³-hybridized carbons (Fsp3) is 0.381. The minimum atomic E-state index is -4.56. The van der Waals surface area contributed by atoms with Crippen LogP contribution < -0.4 is 10.6 Å². The van der Waals surface area contributed by atoms with Crippen LogP contribution >= 0.6 is 0 Å². The zero-order valence-electron chi connectivity index (χ0n) is 18.3. The third-order valence-electron chi connectivity index (χ3n) is 4.92. The molecule has 0 fully saturated rings. The number of allylic oxidation sites excluding steroid dienone is 4. The highest BCUT2D eigenvalue weighted by molar-refractivity contribution is 6.01. The first-order chi connectivity index (χ1) is 15.4. The van der Waals surface area contributed by atoms with E-state index >= 15 is 0 Å². The van der Waals surface area contributed by atoms with Crippen molar-refractivity contribution in [3.8, 4) is 0 Å². The van der Waals surface area contributed by atoms with Gasteiger partial charge in [0.2, 0.25) is 5.78 Å². The van der Waals surface area contributed by atoms with Crippen molar-refractivity contribution in [3.05, 3.63) is 47.3 Å². The summed E-state index contributed by atoms with van der Waals surface area (Å²) >= 11 is 0. The predicted molar refractivity (Wildman–Crippen MR) is 112 cm³/mol. The molecule has 0 radical (unpaired) electrons.